The Morgan fingerprint density at radius 1 is 1.00 bits per heavy atom. The van der Waals surface area contributed by atoms with E-state index in [1.165, 1.54) is 29.5 Å². The quantitative estimate of drug-likeness (QED) is 0.189. The van der Waals surface area contributed by atoms with E-state index in [0.29, 0.717) is 41.3 Å². The summed E-state index contributed by atoms with van der Waals surface area (Å²) in [7, 11) is 0. The molecule has 0 aliphatic heterocycles. The highest BCUT2D eigenvalue weighted by Gasteiger charge is 2.50. The number of aliphatic hydroxyl groups excluding tert-OH is 2. The number of rotatable bonds is 9. The summed E-state index contributed by atoms with van der Waals surface area (Å²) in [4.78, 5) is 18.3. The Labute approximate surface area is 240 Å². The Morgan fingerprint density at radius 3 is 2.37 bits per heavy atom. The average Bonchev–Trinajstić information content (AvgIpc) is 3.50. The van der Waals surface area contributed by atoms with Gasteiger partial charge in [-0.1, -0.05) is 19.9 Å². The van der Waals surface area contributed by atoms with Gasteiger partial charge in [0.2, 0.25) is 5.95 Å². The molecular formula is C29H34F2N6O3S. The first-order valence-electron chi connectivity index (χ1n) is 13.7. The van der Waals surface area contributed by atoms with Crippen LogP contribution < -0.4 is 10.6 Å². The van der Waals surface area contributed by atoms with Crippen LogP contribution in [0.4, 0.5) is 20.5 Å². The van der Waals surface area contributed by atoms with Gasteiger partial charge >= 0.3 is 0 Å². The van der Waals surface area contributed by atoms with Gasteiger partial charge in [0.05, 0.1) is 39.4 Å². The molecule has 218 valence electrons. The number of anilines is 2. The Morgan fingerprint density at radius 2 is 1.71 bits per heavy atom. The summed E-state index contributed by atoms with van der Waals surface area (Å²) in [5, 5.41) is 39.9. The Balaban J connectivity index is 1.54. The molecule has 0 radical (unpaired) electrons. The molecule has 9 nitrogen and oxygen atoms in total. The molecule has 1 aliphatic carbocycles. The largest absolute Gasteiger partial charge is 0.390 e. The second kappa shape index (κ2) is 11.5. The number of fused-ring (bicyclic) bond motifs is 1. The second-order valence-corrected chi connectivity index (χ2v) is 11.6. The number of aryl methyl sites for hydroxylation is 2. The van der Waals surface area contributed by atoms with Crippen LogP contribution in [-0.2, 0) is 6.54 Å². The molecule has 3 heterocycles. The predicted molar refractivity (Wildman–Crippen MR) is 155 cm³/mol. The maximum atomic E-state index is 14.3. The number of pyridine rings is 1. The Kier molecular flexibility index (Phi) is 8.20. The van der Waals surface area contributed by atoms with Crippen molar-refractivity contribution in [1.82, 2.24) is 19.9 Å². The predicted octanol–water partition coefficient (Wildman–Crippen LogP) is 4.73. The van der Waals surface area contributed by atoms with Crippen molar-refractivity contribution in [3.05, 3.63) is 59.0 Å². The van der Waals surface area contributed by atoms with Crippen molar-refractivity contribution in [1.29, 1.82) is 0 Å². The van der Waals surface area contributed by atoms with Crippen LogP contribution in [0.15, 0.2) is 30.5 Å². The van der Waals surface area contributed by atoms with Gasteiger partial charge in [-0.25, -0.2) is 18.7 Å². The van der Waals surface area contributed by atoms with Gasteiger partial charge in [-0.15, -0.1) is 11.3 Å². The van der Waals surface area contributed by atoms with Crippen LogP contribution in [-0.4, -0.2) is 59.1 Å². The molecular weight excluding hydrogens is 550 g/mol. The van der Waals surface area contributed by atoms with E-state index < -0.39 is 41.4 Å². The summed E-state index contributed by atoms with van der Waals surface area (Å²) < 4.78 is 29.4. The topological polar surface area (TPSA) is 136 Å². The fourth-order valence-corrected chi connectivity index (χ4v) is 6.74. The van der Waals surface area contributed by atoms with Gasteiger partial charge in [0.25, 0.3) is 0 Å². The van der Waals surface area contributed by atoms with Crippen molar-refractivity contribution < 1.29 is 24.1 Å². The molecule has 1 unspecified atom stereocenters. The molecule has 4 atom stereocenters. The third-order valence-corrected chi connectivity index (χ3v) is 9.24. The molecule has 1 fully saturated rings. The van der Waals surface area contributed by atoms with Crippen molar-refractivity contribution in [3.8, 4) is 10.6 Å². The van der Waals surface area contributed by atoms with Crippen molar-refractivity contribution in [3.63, 3.8) is 0 Å². The van der Waals surface area contributed by atoms with Crippen molar-refractivity contribution in [2.24, 2.45) is 5.92 Å². The number of aliphatic hydroxyl groups is 3. The number of thiazole rings is 1. The van der Waals surface area contributed by atoms with Crippen LogP contribution in [0.2, 0.25) is 0 Å². The maximum Gasteiger partial charge on any atom is 0.225 e. The van der Waals surface area contributed by atoms with Gasteiger partial charge in [-0.05, 0) is 51.3 Å². The molecule has 1 aromatic carbocycles. The number of nitrogens with one attached hydrogen (secondary N) is 2. The number of halogens is 2. The van der Waals surface area contributed by atoms with Gasteiger partial charge in [-0.3, -0.25) is 4.98 Å². The molecule has 0 amide bonds. The van der Waals surface area contributed by atoms with Crippen molar-refractivity contribution in [2.75, 3.05) is 10.6 Å². The minimum Gasteiger partial charge on any atom is -0.390 e. The van der Waals surface area contributed by atoms with E-state index in [1.54, 1.807) is 13.1 Å². The van der Waals surface area contributed by atoms with Crippen LogP contribution in [0.3, 0.4) is 0 Å². The normalized spacial score (nSPS) is 21.0. The first-order chi connectivity index (χ1) is 19.6. The Hall–Kier alpha value is -3.32. The van der Waals surface area contributed by atoms with Crippen LogP contribution in [0.25, 0.3) is 20.8 Å². The summed E-state index contributed by atoms with van der Waals surface area (Å²) in [6, 6.07) is 4.91. The van der Waals surface area contributed by atoms with Crippen LogP contribution in [0.5, 0.6) is 0 Å². The third kappa shape index (κ3) is 5.49. The molecule has 0 bridgehead atoms. The standard InChI is InChI=1S/C29H34F2N6O3S/c1-5-29(40,6-2)17-12-20(25(39)24(17)38)35-26-22(27-36-23-15(4)32-11-10-21(23)41-27)14(3)34-28(37-26)33-13-16-18(30)8-7-9-19(16)31/h7-11,17,20,24-25,38-40H,5-6,12-13H2,1-4H3,(H2,33,34,35,37)/t17-,20?,24+,25-/m0/s1. The number of hydrogen-bond acceptors (Lipinski definition) is 10. The Bertz CT molecular complexity index is 1540. The highest BCUT2D eigenvalue weighted by atomic mass is 32.1. The van der Waals surface area contributed by atoms with Crippen molar-refractivity contribution in [2.45, 2.75) is 77.4 Å². The van der Waals surface area contributed by atoms with Gasteiger partial charge in [0.15, 0.2) is 0 Å². The molecule has 41 heavy (non-hydrogen) atoms. The number of benzene rings is 1. The SMILES string of the molecule is CCC(O)(CC)[C@H]1CC(Nc2nc(NCc3c(F)cccc3F)nc(C)c2-c2nc3c(C)nccc3s2)[C@H](O)[C@@H]1O. The monoisotopic (exact) mass is 584 g/mol. The summed E-state index contributed by atoms with van der Waals surface area (Å²) in [6.45, 7) is 7.19. The fraction of sp³-hybridized carbons (Fsp3) is 0.448. The van der Waals surface area contributed by atoms with E-state index in [-0.39, 0.29) is 18.1 Å². The molecule has 1 aliphatic rings. The highest BCUT2D eigenvalue weighted by Crippen LogP contribution is 2.42. The molecule has 1 saturated carbocycles. The summed E-state index contributed by atoms with van der Waals surface area (Å²) in [5.74, 6) is -1.45. The lowest BCUT2D eigenvalue weighted by atomic mass is 9.80. The summed E-state index contributed by atoms with van der Waals surface area (Å²) in [5.41, 5.74) is 1.40. The van der Waals surface area contributed by atoms with E-state index >= 15 is 0 Å². The maximum absolute atomic E-state index is 14.3. The molecule has 12 heteroatoms. The van der Waals surface area contributed by atoms with E-state index in [4.69, 9.17) is 4.98 Å². The first kappa shape index (κ1) is 29.2. The van der Waals surface area contributed by atoms with E-state index in [2.05, 4.69) is 25.6 Å². The zero-order valence-electron chi connectivity index (χ0n) is 23.3. The highest BCUT2D eigenvalue weighted by molar-refractivity contribution is 7.21. The van der Waals surface area contributed by atoms with Gasteiger partial charge < -0.3 is 26.0 Å². The van der Waals surface area contributed by atoms with Gasteiger partial charge in [-0.2, -0.15) is 4.98 Å². The second-order valence-electron chi connectivity index (χ2n) is 10.6. The third-order valence-electron chi connectivity index (χ3n) is 8.20. The molecule has 0 spiro atoms. The number of hydrogen-bond donors (Lipinski definition) is 5. The molecule has 4 aromatic rings. The van der Waals surface area contributed by atoms with Crippen molar-refractivity contribution >= 4 is 33.3 Å². The van der Waals surface area contributed by atoms with Gasteiger partial charge in [0.1, 0.15) is 34.1 Å². The average molecular weight is 585 g/mol. The molecule has 3 aromatic heterocycles. The molecule has 5 rings (SSSR count). The molecule has 0 saturated heterocycles. The summed E-state index contributed by atoms with van der Waals surface area (Å²) >= 11 is 1.44. The van der Waals surface area contributed by atoms with Crippen LogP contribution >= 0.6 is 11.3 Å². The zero-order chi connectivity index (χ0) is 29.5. The zero-order valence-corrected chi connectivity index (χ0v) is 24.1. The minimum atomic E-state index is -1.17. The van der Waals surface area contributed by atoms with E-state index in [0.717, 1.165) is 15.9 Å². The minimum absolute atomic E-state index is 0.124. The lowest BCUT2D eigenvalue weighted by molar-refractivity contribution is -0.0843. The number of nitrogens with zero attached hydrogens (tertiary/aromatic N) is 4. The first-order valence-corrected chi connectivity index (χ1v) is 14.5. The van der Waals surface area contributed by atoms with E-state index in [9.17, 15) is 24.1 Å². The van der Waals surface area contributed by atoms with Gasteiger partial charge in [0, 0.05) is 24.2 Å². The van der Waals surface area contributed by atoms with E-state index in [1.807, 2.05) is 26.8 Å². The number of aromatic nitrogens is 4. The van der Waals surface area contributed by atoms with Crippen LogP contribution in [0, 0.1) is 31.4 Å². The lowest BCUT2D eigenvalue weighted by Crippen LogP contribution is -2.43. The summed E-state index contributed by atoms with van der Waals surface area (Å²) in [6.07, 6.45) is 0.579. The van der Waals surface area contributed by atoms with Crippen LogP contribution in [0.1, 0.15) is 50.1 Å². The lowest BCUT2D eigenvalue weighted by Gasteiger charge is -2.34. The molecule has 5 N–H and O–H groups in total. The smallest absolute Gasteiger partial charge is 0.225 e. The fourth-order valence-electron chi connectivity index (χ4n) is 5.63.